The molecule has 1 unspecified atom stereocenters. The first kappa shape index (κ1) is 14.0. The predicted octanol–water partition coefficient (Wildman–Crippen LogP) is 2.41. The third-order valence-electron chi connectivity index (χ3n) is 3.86. The molecule has 1 aliphatic heterocycles. The first-order chi connectivity index (χ1) is 8.71. The van der Waals surface area contributed by atoms with Crippen molar-refractivity contribution in [1.82, 2.24) is 0 Å². The van der Waals surface area contributed by atoms with Gasteiger partial charge in [-0.1, -0.05) is 13.8 Å². The lowest BCUT2D eigenvalue weighted by Gasteiger charge is -2.36. The molecule has 2 rings (SSSR count). The highest BCUT2D eigenvalue weighted by atomic mass is 16.5. The number of hydrogen-bond acceptors (Lipinski definition) is 4. The van der Waals surface area contributed by atoms with E-state index in [2.05, 4.69) is 19.9 Å². The van der Waals surface area contributed by atoms with Gasteiger partial charge in [0.2, 0.25) is 0 Å². The van der Waals surface area contributed by atoms with Crippen molar-refractivity contribution in [2.24, 2.45) is 5.73 Å². The van der Waals surface area contributed by atoms with Gasteiger partial charge in [-0.25, -0.2) is 0 Å². The van der Waals surface area contributed by atoms with Crippen LogP contribution in [0, 0.1) is 0 Å². The largest absolute Gasteiger partial charge is 0.486 e. The van der Waals surface area contributed by atoms with Crippen molar-refractivity contribution >= 4 is 11.4 Å². The van der Waals surface area contributed by atoms with Crippen LogP contribution in [0.5, 0.6) is 5.75 Å². The van der Waals surface area contributed by atoms with E-state index in [1.165, 1.54) is 0 Å². The minimum Gasteiger partial charge on any atom is -0.486 e. The van der Waals surface area contributed by atoms with Crippen LogP contribution in [0.25, 0.3) is 0 Å². The first-order valence-corrected chi connectivity index (χ1v) is 6.88. The summed E-state index contributed by atoms with van der Waals surface area (Å²) in [7, 11) is 0. The number of benzene rings is 1. The average molecular weight is 263 g/mol. The Morgan fingerprint density at radius 2 is 1.89 bits per heavy atom. The van der Waals surface area contributed by atoms with Gasteiger partial charge in [0.1, 0.15) is 11.9 Å². The van der Waals surface area contributed by atoms with Crippen LogP contribution in [0.15, 0.2) is 6.07 Å². The van der Waals surface area contributed by atoms with Crippen molar-refractivity contribution in [3.63, 3.8) is 0 Å². The molecule has 4 nitrogen and oxygen atoms in total. The Hall–Kier alpha value is -1.42. The Kier molecular flexibility index (Phi) is 3.39. The monoisotopic (exact) mass is 263 g/mol. The summed E-state index contributed by atoms with van der Waals surface area (Å²) >= 11 is 0. The Labute approximate surface area is 115 Å². The lowest BCUT2D eigenvalue weighted by atomic mass is 9.88. The molecule has 0 saturated carbocycles. The molecule has 19 heavy (non-hydrogen) atoms. The maximum absolute atomic E-state index is 6.16. The molecule has 0 aromatic heterocycles. The van der Waals surface area contributed by atoms with Gasteiger partial charge in [-0.2, -0.15) is 0 Å². The third kappa shape index (κ3) is 2.50. The van der Waals surface area contributed by atoms with Crippen molar-refractivity contribution in [2.45, 2.75) is 58.1 Å². The Morgan fingerprint density at radius 3 is 2.42 bits per heavy atom. The number of nitrogens with two attached hydrogens (primary N) is 3. The van der Waals surface area contributed by atoms with E-state index < -0.39 is 0 Å². The Morgan fingerprint density at radius 1 is 1.26 bits per heavy atom. The molecule has 0 amide bonds. The molecule has 0 spiro atoms. The zero-order valence-corrected chi connectivity index (χ0v) is 12.3. The number of aryl methyl sites for hydroxylation is 1. The van der Waals surface area contributed by atoms with E-state index >= 15 is 0 Å². The normalized spacial score (nSPS) is 19.2. The summed E-state index contributed by atoms with van der Waals surface area (Å²) in [5.74, 6) is 1.09. The van der Waals surface area contributed by atoms with Crippen LogP contribution in [-0.4, -0.2) is 11.6 Å². The molecule has 6 N–H and O–H groups in total. The molecule has 0 aliphatic carbocycles. The molecular formula is C15H25N3O. The van der Waals surface area contributed by atoms with E-state index in [4.69, 9.17) is 21.9 Å². The van der Waals surface area contributed by atoms with E-state index in [1.807, 2.05) is 13.8 Å². The van der Waals surface area contributed by atoms with Crippen LogP contribution >= 0.6 is 0 Å². The summed E-state index contributed by atoms with van der Waals surface area (Å²) in [4.78, 5) is 0. The minimum atomic E-state index is -0.379. The van der Waals surface area contributed by atoms with Crippen molar-refractivity contribution in [1.29, 1.82) is 0 Å². The van der Waals surface area contributed by atoms with Crippen LogP contribution in [0.3, 0.4) is 0 Å². The topological polar surface area (TPSA) is 87.3 Å². The van der Waals surface area contributed by atoms with E-state index in [9.17, 15) is 0 Å². The summed E-state index contributed by atoms with van der Waals surface area (Å²) in [6, 6.07) is 2.13. The lowest BCUT2D eigenvalue weighted by Crippen LogP contribution is -2.49. The standard InChI is InChI=1S/C15H25N3O/c1-8(2)10-7-9-5-6-11(15(3,4)18)19-14(9)13(17)12(10)16/h7-8,11H,5-6,16-18H2,1-4H3. The van der Waals surface area contributed by atoms with Crippen molar-refractivity contribution in [2.75, 3.05) is 11.5 Å². The summed E-state index contributed by atoms with van der Waals surface area (Å²) in [6.45, 7) is 8.19. The molecular weight excluding hydrogens is 238 g/mol. The fourth-order valence-electron chi connectivity index (χ4n) is 2.60. The fraction of sp³-hybridized carbons (Fsp3) is 0.600. The van der Waals surface area contributed by atoms with Gasteiger partial charge < -0.3 is 21.9 Å². The summed E-state index contributed by atoms with van der Waals surface area (Å²) in [6.07, 6.45) is 1.83. The number of hydrogen-bond donors (Lipinski definition) is 3. The van der Waals surface area contributed by atoms with Crippen LogP contribution in [0.4, 0.5) is 11.4 Å². The third-order valence-corrected chi connectivity index (χ3v) is 3.86. The average Bonchev–Trinajstić information content (AvgIpc) is 2.31. The first-order valence-electron chi connectivity index (χ1n) is 6.88. The fourth-order valence-corrected chi connectivity index (χ4v) is 2.60. The molecule has 0 bridgehead atoms. The molecule has 0 saturated heterocycles. The second kappa shape index (κ2) is 4.60. The van der Waals surface area contributed by atoms with Gasteiger partial charge in [0.25, 0.3) is 0 Å². The SMILES string of the molecule is CC(C)c1cc2c(c(N)c1N)OC(C(C)(C)N)CC2. The molecule has 4 heteroatoms. The van der Waals surface area contributed by atoms with E-state index in [0.29, 0.717) is 17.3 Å². The minimum absolute atomic E-state index is 0.0217. The van der Waals surface area contributed by atoms with Crippen molar-refractivity contribution in [3.05, 3.63) is 17.2 Å². The van der Waals surface area contributed by atoms with Crippen LogP contribution < -0.4 is 21.9 Å². The number of anilines is 2. The van der Waals surface area contributed by atoms with Gasteiger partial charge >= 0.3 is 0 Å². The summed E-state index contributed by atoms with van der Waals surface area (Å²) in [5, 5.41) is 0. The number of fused-ring (bicyclic) bond motifs is 1. The lowest BCUT2D eigenvalue weighted by molar-refractivity contribution is 0.107. The predicted molar refractivity (Wildman–Crippen MR) is 80.4 cm³/mol. The number of nitrogen functional groups attached to an aromatic ring is 2. The van der Waals surface area contributed by atoms with Crippen LogP contribution in [0.2, 0.25) is 0 Å². The highest BCUT2D eigenvalue weighted by Crippen LogP contribution is 2.42. The molecule has 1 heterocycles. The number of rotatable bonds is 2. The van der Waals surface area contributed by atoms with Crippen molar-refractivity contribution in [3.8, 4) is 5.75 Å². The van der Waals surface area contributed by atoms with Crippen LogP contribution in [0.1, 0.15) is 51.2 Å². The van der Waals surface area contributed by atoms with E-state index in [0.717, 1.165) is 29.7 Å². The molecule has 1 aromatic rings. The van der Waals surface area contributed by atoms with E-state index in [1.54, 1.807) is 0 Å². The van der Waals surface area contributed by atoms with Gasteiger partial charge in [-0.05, 0) is 49.8 Å². The molecule has 1 atom stereocenters. The van der Waals surface area contributed by atoms with Gasteiger partial charge in [0, 0.05) is 5.54 Å². The zero-order valence-electron chi connectivity index (χ0n) is 12.3. The Bertz CT molecular complexity index is 489. The molecule has 1 aliphatic rings. The smallest absolute Gasteiger partial charge is 0.148 e. The quantitative estimate of drug-likeness (QED) is 0.715. The van der Waals surface area contributed by atoms with E-state index in [-0.39, 0.29) is 11.6 Å². The summed E-state index contributed by atoms with van der Waals surface area (Å²) < 4.78 is 6.01. The highest BCUT2D eigenvalue weighted by molar-refractivity contribution is 5.77. The Balaban J connectivity index is 2.44. The molecule has 0 fully saturated rings. The van der Waals surface area contributed by atoms with Gasteiger partial charge in [0.15, 0.2) is 0 Å². The maximum Gasteiger partial charge on any atom is 0.148 e. The highest BCUT2D eigenvalue weighted by Gasteiger charge is 2.32. The maximum atomic E-state index is 6.16. The molecule has 0 radical (unpaired) electrons. The van der Waals surface area contributed by atoms with Crippen molar-refractivity contribution < 1.29 is 4.74 Å². The second-order valence-corrected chi connectivity index (χ2v) is 6.40. The molecule has 1 aromatic carbocycles. The van der Waals surface area contributed by atoms with Gasteiger partial charge in [-0.15, -0.1) is 0 Å². The summed E-state index contributed by atoms with van der Waals surface area (Å²) in [5.41, 5.74) is 21.5. The zero-order chi connectivity index (χ0) is 14.4. The number of ether oxygens (including phenoxy) is 1. The van der Waals surface area contributed by atoms with Gasteiger partial charge in [-0.3, -0.25) is 0 Å². The van der Waals surface area contributed by atoms with Gasteiger partial charge in [0.05, 0.1) is 11.4 Å². The molecule has 106 valence electrons. The van der Waals surface area contributed by atoms with Crippen LogP contribution in [-0.2, 0) is 6.42 Å². The second-order valence-electron chi connectivity index (χ2n) is 6.40.